The Kier molecular flexibility index (Phi) is 12.1. The highest BCUT2D eigenvalue weighted by atomic mass is 16.9. The van der Waals surface area contributed by atoms with Gasteiger partial charge in [0.1, 0.15) is 0 Å². The molecule has 0 fully saturated rings. The second-order valence-electron chi connectivity index (χ2n) is 9.71. The number of hydrogen-bond acceptors (Lipinski definition) is 4. The summed E-state index contributed by atoms with van der Waals surface area (Å²) in [5, 5.41) is 2.45. The van der Waals surface area contributed by atoms with Crippen LogP contribution in [0.5, 0.6) is 0 Å². The van der Waals surface area contributed by atoms with E-state index in [4.69, 9.17) is 19.2 Å². The van der Waals surface area contributed by atoms with Crippen molar-refractivity contribution in [2.24, 2.45) is 5.92 Å². The van der Waals surface area contributed by atoms with Crippen LogP contribution in [0.1, 0.15) is 91.0 Å². The molecule has 1 heterocycles. The Balaban J connectivity index is 1.74. The van der Waals surface area contributed by atoms with Gasteiger partial charge in [-0.25, -0.2) is 4.98 Å². The normalized spacial score (nSPS) is 13.0. The smallest absolute Gasteiger partial charge is 0.285 e. The van der Waals surface area contributed by atoms with E-state index in [9.17, 15) is 0 Å². The first-order valence-electron chi connectivity index (χ1n) is 14.4. The predicted molar refractivity (Wildman–Crippen MR) is 151 cm³/mol. The summed E-state index contributed by atoms with van der Waals surface area (Å²) in [7, 11) is 0. The molecule has 1 aromatic heterocycles. The third kappa shape index (κ3) is 7.74. The van der Waals surface area contributed by atoms with Crippen molar-refractivity contribution in [1.82, 2.24) is 4.98 Å². The Morgan fingerprint density at radius 2 is 1.33 bits per heavy atom. The van der Waals surface area contributed by atoms with Crippen molar-refractivity contribution in [3.63, 3.8) is 0 Å². The Morgan fingerprint density at radius 1 is 0.694 bits per heavy atom. The van der Waals surface area contributed by atoms with Crippen molar-refractivity contribution in [3.05, 3.63) is 54.1 Å². The van der Waals surface area contributed by atoms with E-state index in [2.05, 4.69) is 55.5 Å². The van der Waals surface area contributed by atoms with Crippen molar-refractivity contribution in [1.29, 1.82) is 0 Å². The van der Waals surface area contributed by atoms with Gasteiger partial charge in [0.05, 0.1) is 11.0 Å². The Labute approximate surface area is 218 Å². The molecule has 0 aliphatic heterocycles. The maximum atomic E-state index is 6.23. The van der Waals surface area contributed by atoms with Crippen LogP contribution < -0.4 is 0 Å². The molecule has 3 rings (SSSR count). The second-order valence-corrected chi connectivity index (χ2v) is 9.71. The third-order valence-corrected chi connectivity index (χ3v) is 7.09. The van der Waals surface area contributed by atoms with Gasteiger partial charge < -0.3 is 14.2 Å². The van der Waals surface area contributed by atoms with Gasteiger partial charge in [-0.1, -0.05) is 75.8 Å². The molecule has 0 bridgehead atoms. The summed E-state index contributed by atoms with van der Waals surface area (Å²) in [6.07, 6.45) is 11.8. The fourth-order valence-electron chi connectivity index (χ4n) is 5.37. The van der Waals surface area contributed by atoms with Crippen LogP contribution in [0.15, 0.2) is 48.5 Å². The average Bonchev–Trinajstić information content (AvgIpc) is 2.89. The van der Waals surface area contributed by atoms with Gasteiger partial charge in [0, 0.05) is 36.5 Å². The Bertz CT molecular complexity index is 1020. The summed E-state index contributed by atoms with van der Waals surface area (Å²) in [6, 6.07) is 17.2. The zero-order chi connectivity index (χ0) is 25.6. The minimum absolute atomic E-state index is 0.206. The van der Waals surface area contributed by atoms with E-state index in [0.717, 1.165) is 36.7 Å². The number of fused-ring (bicyclic) bond motifs is 2. The van der Waals surface area contributed by atoms with Gasteiger partial charge in [-0.3, -0.25) is 0 Å². The molecule has 3 aromatic rings. The molecule has 0 aliphatic rings. The predicted octanol–water partition coefficient (Wildman–Crippen LogP) is 8.84. The lowest BCUT2D eigenvalue weighted by atomic mass is 9.90. The summed E-state index contributed by atoms with van der Waals surface area (Å²) >= 11 is 0. The standard InChI is InChI=1S/C32H47NO3/c1-5-9-10-11-12-13-21-28(32(34-6-2,35-7-3)36-8-4)22-16-19-26-20-17-24-31-29(26)25-27-18-14-15-23-30(27)33-31/h14-15,17-18,20,23-25,28H,5-13,16,19,21-22H2,1-4H3. The van der Waals surface area contributed by atoms with Gasteiger partial charge in [0.2, 0.25) is 0 Å². The second kappa shape index (κ2) is 15.3. The molecular formula is C32H47NO3. The largest absolute Gasteiger partial charge is 0.328 e. The van der Waals surface area contributed by atoms with Gasteiger partial charge in [0.15, 0.2) is 0 Å². The van der Waals surface area contributed by atoms with Gasteiger partial charge in [-0.2, -0.15) is 0 Å². The zero-order valence-electron chi connectivity index (χ0n) is 23.1. The molecule has 0 aliphatic carbocycles. The lowest BCUT2D eigenvalue weighted by Crippen LogP contribution is -2.46. The number of rotatable bonds is 18. The summed E-state index contributed by atoms with van der Waals surface area (Å²) in [6.45, 7) is 10.1. The fraction of sp³-hybridized carbons (Fsp3) is 0.594. The number of unbranched alkanes of at least 4 members (excludes halogenated alkanes) is 5. The van der Waals surface area contributed by atoms with Gasteiger partial charge in [-0.05, 0) is 70.2 Å². The summed E-state index contributed by atoms with van der Waals surface area (Å²) in [5.41, 5.74) is 3.48. The Hall–Kier alpha value is -2.01. The molecular weight excluding hydrogens is 446 g/mol. The number of hydrogen-bond donors (Lipinski definition) is 0. The summed E-state index contributed by atoms with van der Waals surface area (Å²) in [5.74, 6) is -0.740. The molecule has 0 amide bonds. The quantitative estimate of drug-likeness (QED) is 0.101. The van der Waals surface area contributed by atoms with Crippen LogP contribution in [-0.2, 0) is 20.6 Å². The van der Waals surface area contributed by atoms with Crippen molar-refractivity contribution < 1.29 is 14.2 Å². The van der Waals surface area contributed by atoms with Gasteiger partial charge in [-0.15, -0.1) is 0 Å². The average molecular weight is 494 g/mol. The molecule has 0 saturated heterocycles. The van der Waals surface area contributed by atoms with Crippen molar-refractivity contribution in [2.45, 2.75) is 97.9 Å². The minimum Gasteiger partial charge on any atom is -0.328 e. The first kappa shape index (κ1) is 28.6. The fourth-order valence-corrected chi connectivity index (χ4v) is 5.37. The molecule has 0 spiro atoms. The number of aryl methyl sites for hydroxylation is 1. The van der Waals surface area contributed by atoms with Crippen molar-refractivity contribution in [2.75, 3.05) is 19.8 Å². The van der Waals surface area contributed by atoms with Crippen LogP contribution in [0.3, 0.4) is 0 Å². The van der Waals surface area contributed by atoms with Crippen LogP contribution >= 0.6 is 0 Å². The van der Waals surface area contributed by atoms with E-state index >= 15 is 0 Å². The Morgan fingerprint density at radius 3 is 2.06 bits per heavy atom. The maximum Gasteiger partial charge on any atom is 0.285 e. The lowest BCUT2D eigenvalue weighted by Gasteiger charge is -2.39. The number of nitrogens with zero attached hydrogens (tertiary/aromatic N) is 1. The zero-order valence-corrected chi connectivity index (χ0v) is 23.1. The number of ether oxygens (including phenoxy) is 3. The topological polar surface area (TPSA) is 40.6 Å². The van der Waals surface area contributed by atoms with Gasteiger partial charge >= 0.3 is 0 Å². The van der Waals surface area contributed by atoms with Crippen LogP contribution in [-0.4, -0.2) is 30.8 Å². The van der Waals surface area contributed by atoms with Crippen LogP contribution in [0.25, 0.3) is 21.8 Å². The molecule has 0 N–H and O–H groups in total. The monoisotopic (exact) mass is 493 g/mol. The van der Waals surface area contributed by atoms with E-state index in [1.54, 1.807) is 0 Å². The first-order chi connectivity index (χ1) is 17.7. The van der Waals surface area contributed by atoms with Crippen LogP contribution in [0.4, 0.5) is 0 Å². The molecule has 2 aromatic carbocycles. The van der Waals surface area contributed by atoms with E-state index in [1.807, 2.05) is 20.8 Å². The molecule has 4 heteroatoms. The molecule has 4 nitrogen and oxygen atoms in total. The molecule has 1 atom stereocenters. The van der Waals surface area contributed by atoms with E-state index in [1.165, 1.54) is 54.9 Å². The lowest BCUT2D eigenvalue weighted by molar-refractivity contribution is -0.403. The number of para-hydroxylation sites is 1. The van der Waals surface area contributed by atoms with E-state index in [0.29, 0.717) is 19.8 Å². The molecule has 0 radical (unpaired) electrons. The summed E-state index contributed by atoms with van der Waals surface area (Å²) in [4.78, 5) is 4.90. The molecule has 0 saturated carbocycles. The van der Waals surface area contributed by atoms with Crippen LogP contribution in [0.2, 0.25) is 0 Å². The maximum absolute atomic E-state index is 6.23. The van der Waals surface area contributed by atoms with Crippen molar-refractivity contribution in [3.8, 4) is 0 Å². The molecule has 1 unspecified atom stereocenters. The van der Waals surface area contributed by atoms with E-state index < -0.39 is 5.97 Å². The highest BCUT2D eigenvalue weighted by Crippen LogP contribution is 2.35. The van der Waals surface area contributed by atoms with Crippen LogP contribution in [0, 0.1) is 5.92 Å². The number of benzene rings is 2. The van der Waals surface area contributed by atoms with E-state index in [-0.39, 0.29) is 5.92 Å². The number of aromatic nitrogens is 1. The summed E-state index contributed by atoms with van der Waals surface area (Å²) < 4.78 is 18.7. The van der Waals surface area contributed by atoms with Crippen molar-refractivity contribution >= 4 is 21.8 Å². The third-order valence-electron chi connectivity index (χ3n) is 7.09. The minimum atomic E-state index is -0.946. The highest BCUT2D eigenvalue weighted by Gasteiger charge is 2.41. The first-order valence-corrected chi connectivity index (χ1v) is 14.4. The molecule has 36 heavy (non-hydrogen) atoms. The van der Waals surface area contributed by atoms with Gasteiger partial charge in [0.25, 0.3) is 5.97 Å². The highest BCUT2D eigenvalue weighted by molar-refractivity contribution is 5.94. The SMILES string of the molecule is CCCCCCCCC(CCCc1cccc2nc3ccccc3cc12)C(OCC)(OCC)OCC. The number of pyridine rings is 1. The molecule has 198 valence electrons.